The fourth-order valence-electron chi connectivity index (χ4n) is 2.21. The molecule has 3 aromatic rings. The fraction of sp³-hybridized carbons (Fsp3) is 0.176. The SMILES string of the molecule is O=C(CCS)OCc1ccc2nc(-c3ccccc3)[nH]c2c1. The lowest BCUT2D eigenvalue weighted by atomic mass is 10.2. The van der Waals surface area contributed by atoms with Gasteiger partial charge in [0.15, 0.2) is 0 Å². The zero-order valence-corrected chi connectivity index (χ0v) is 12.8. The van der Waals surface area contributed by atoms with Gasteiger partial charge >= 0.3 is 5.97 Å². The number of carbonyl (C=O) groups is 1. The summed E-state index contributed by atoms with van der Waals surface area (Å²) in [7, 11) is 0. The number of aromatic nitrogens is 2. The number of thiol groups is 1. The maximum Gasteiger partial charge on any atom is 0.306 e. The molecule has 0 radical (unpaired) electrons. The number of carbonyl (C=O) groups excluding carboxylic acids is 1. The van der Waals surface area contributed by atoms with Gasteiger partial charge in [-0.1, -0.05) is 36.4 Å². The largest absolute Gasteiger partial charge is 0.461 e. The lowest BCUT2D eigenvalue weighted by molar-refractivity contribution is -0.144. The van der Waals surface area contributed by atoms with Gasteiger partial charge in [0, 0.05) is 11.3 Å². The minimum Gasteiger partial charge on any atom is -0.461 e. The van der Waals surface area contributed by atoms with Gasteiger partial charge < -0.3 is 9.72 Å². The molecule has 4 nitrogen and oxygen atoms in total. The highest BCUT2D eigenvalue weighted by Gasteiger charge is 2.07. The Morgan fingerprint density at radius 2 is 2.00 bits per heavy atom. The summed E-state index contributed by atoms with van der Waals surface area (Å²) >= 11 is 4.01. The number of fused-ring (bicyclic) bond motifs is 1. The molecule has 22 heavy (non-hydrogen) atoms. The van der Waals surface area contributed by atoms with E-state index in [2.05, 4.69) is 22.6 Å². The van der Waals surface area contributed by atoms with Crippen LogP contribution < -0.4 is 0 Å². The summed E-state index contributed by atoms with van der Waals surface area (Å²) in [5, 5.41) is 0. The Kier molecular flexibility index (Phi) is 4.44. The monoisotopic (exact) mass is 312 g/mol. The van der Waals surface area contributed by atoms with Gasteiger partial charge in [0.25, 0.3) is 0 Å². The molecule has 5 heteroatoms. The molecule has 0 amide bonds. The topological polar surface area (TPSA) is 55.0 Å². The molecule has 0 unspecified atom stereocenters. The molecular formula is C17H16N2O2S. The van der Waals surface area contributed by atoms with Crippen LogP contribution in [0, 0.1) is 0 Å². The van der Waals surface area contributed by atoms with Gasteiger partial charge in [0.2, 0.25) is 0 Å². The number of imidazole rings is 1. The number of rotatable bonds is 5. The molecule has 3 rings (SSSR count). The first-order chi connectivity index (χ1) is 10.8. The highest BCUT2D eigenvalue weighted by Crippen LogP contribution is 2.21. The van der Waals surface area contributed by atoms with Gasteiger partial charge in [0.1, 0.15) is 12.4 Å². The van der Waals surface area contributed by atoms with Crippen LogP contribution in [-0.2, 0) is 16.1 Å². The number of ether oxygens (including phenoxy) is 1. The normalized spacial score (nSPS) is 10.8. The van der Waals surface area contributed by atoms with Gasteiger partial charge in [-0.05, 0) is 17.7 Å². The summed E-state index contributed by atoms with van der Waals surface area (Å²) in [6.45, 7) is 0.266. The molecule has 112 valence electrons. The number of hydrogen-bond donors (Lipinski definition) is 2. The van der Waals surface area contributed by atoms with Crippen LogP contribution in [0.15, 0.2) is 48.5 Å². The molecule has 0 bridgehead atoms. The molecule has 0 aliphatic carbocycles. The lowest BCUT2D eigenvalue weighted by Gasteiger charge is -2.03. The van der Waals surface area contributed by atoms with E-state index in [-0.39, 0.29) is 12.6 Å². The Morgan fingerprint density at radius 1 is 1.18 bits per heavy atom. The summed E-state index contributed by atoms with van der Waals surface area (Å²) in [5.74, 6) is 1.10. The number of H-pyrrole nitrogens is 1. The molecule has 0 aliphatic rings. The third-order valence-corrected chi connectivity index (χ3v) is 3.53. The van der Waals surface area contributed by atoms with Gasteiger partial charge in [-0.15, -0.1) is 0 Å². The zero-order chi connectivity index (χ0) is 15.4. The van der Waals surface area contributed by atoms with E-state index < -0.39 is 0 Å². The Hall–Kier alpha value is -2.27. The molecule has 0 saturated heterocycles. The van der Waals surface area contributed by atoms with E-state index in [0.717, 1.165) is 28.0 Å². The number of benzene rings is 2. The predicted octanol–water partition coefficient (Wildman–Crippen LogP) is 3.59. The Balaban J connectivity index is 1.80. The van der Waals surface area contributed by atoms with Crippen LogP contribution in [0.2, 0.25) is 0 Å². The minimum absolute atomic E-state index is 0.232. The van der Waals surface area contributed by atoms with Crippen molar-refractivity contribution in [2.24, 2.45) is 0 Å². The first-order valence-electron chi connectivity index (χ1n) is 7.07. The van der Waals surface area contributed by atoms with Crippen LogP contribution >= 0.6 is 12.6 Å². The standard InChI is InChI=1S/C17H16N2O2S/c20-16(8-9-22)21-11-12-6-7-14-15(10-12)19-17(18-14)13-4-2-1-3-5-13/h1-7,10,22H,8-9,11H2,(H,18,19). The van der Waals surface area contributed by atoms with Crippen LogP contribution in [0.25, 0.3) is 22.4 Å². The van der Waals surface area contributed by atoms with E-state index in [9.17, 15) is 4.79 Å². The van der Waals surface area contributed by atoms with Gasteiger partial charge in [-0.25, -0.2) is 4.98 Å². The van der Waals surface area contributed by atoms with Crippen molar-refractivity contribution in [2.45, 2.75) is 13.0 Å². The zero-order valence-electron chi connectivity index (χ0n) is 12.0. The number of nitrogens with zero attached hydrogens (tertiary/aromatic N) is 1. The maximum absolute atomic E-state index is 11.4. The average molecular weight is 312 g/mol. The molecule has 0 aliphatic heterocycles. The molecular weight excluding hydrogens is 296 g/mol. The van der Waals surface area contributed by atoms with Crippen molar-refractivity contribution in [3.05, 3.63) is 54.1 Å². The second kappa shape index (κ2) is 6.66. The van der Waals surface area contributed by atoms with E-state index >= 15 is 0 Å². The smallest absolute Gasteiger partial charge is 0.306 e. The lowest BCUT2D eigenvalue weighted by Crippen LogP contribution is -2.04. The number of hydrogen-bond acceptors (Lipinski definition) is 4. The number of aromatic amines is 1. The van der Waals surface area contributed by atoms with E-state index in [0.29, 0.717) is 12.2 Å². The number of nitrogens with one attached hydrogen (secondary N) is 1. The van der Waals surface area contributed by atoms with E-state index in [1.807, 2.05) is 48.5 Å². The molecule has 0 saturated carbocycles. The Labute approximate surface area is 133 Å². The maximum atomic E-state index is 11.4. The Morgan fingerprint density at radius 3 is 2.77 bits per heavy atom. The van der Waals surface area contributed by atoms with Crippen molar-refractivity contribution in [1.29, 1.82) is 0 Å². The van der Waals surface area contributed by atoms with Crippen molar-refractivity contribution >= 4 is 29.6 Å². The van der Waals surface area contributed by atoms with Crippen molar-refractivity contribution < 1.29 is 9.53 Å². The van der Waals surface area contributed by atoms with E-state index in [4.69, 9.17) is 4.74 Å². The summed E-state index contributed by atoms with van der Waals surface area (Å²) in [4.78, 5) is 19.3. The average Bonchev–Trinajstić information content (AvgIpc) is 2.97. The van der Waals surface area contributed by atoms with Crippen LogP contribution in [0.4, 0.5) is 0 Å². The summed E-state index contributed by atoms with van der Waals surface area (Å²) in [6, 6.07) is 15.8. The first kappa shape index (κ1) is 14.7. The molecule has 1 aromatic heterocycles. The van der Waals surface area contributed by atoms with Crippen LogP contribution in [0.1, 0.15) is 12.0 Å². The van der Waals surface area contributed by atoms with Crippen LogP contribution in [0.5, 0.6) is 0 Å². The van der Waals surface area contributed by atoms with Crippen LogP contribution in [0.3, 0.4) is 0 Å². The van der Waals surface area contributed by atoms with Crippen molar-refractivity contribution in [3.63, 3.8) is 0 Å². The quantitative estimate of drug-likeness (QED) is 0.559. The van der Waals surface area contributed by atoms with Gasteiger partial charge in [0.05, 0.1) is 17.5 Å². The minimum atomic E-state index is -0.232. The van der Waals surface area contributed by atoms with Gasteiger partial charge in [-0.3, -0.25) is 4.79 Å². The summed E-state index contributed by atoms with van der Waals surface area (Å²) < 4.78 is 5.19. The molecule has 2 aromatic carbocycles. The van der Waals surface area contributed by atoms with Crippen molar-refractivity contribution in [1.82, 2.24) is 9.97 Å². The fourth-order valence-corrected chi connectivity index (χ4v) is 2.39. The highest BCUT2D eigenvalue weighted by atomic mass is 32.1. The predicted molar refractivity (Wildman–Crippen MR) is 89.8 cm³/mol. The number of esters is 1. The third kappa shape index (κ3) is 3.31. The van der Waals surface area contributed by atoms with Crippen LogP contribution in [-0.4, -0.2) is 21.7 Å². The Bertz CT molecular complexity index is 784. The third-order valence-electron chi connectivity index (χ3n) is 3.31. The molecule has 0 spiro atoms. The molecule has 1 N–H and O–H groups in total. The first-order valence-corrected chi connectivity index (χ1v) is 7.70. The van der Waals surface area contributed by atoms with Gasteiger partial charge in [-0.2, -0.15) is 12.6 Å². The van der Waals surface area contributed by atoms with Crippen molar-refractivity contribution in [3.8, 4) is 11.4 Å². The molecule has 1 heterocycles. The highest BCUT2D eigenvalue weighted by molar-refractivity contribution is 7.80. The van der Waals surface area contributed by atoms with E-state index in [1.165, 1.54) is 0 Å². The molecule has 0 fully saturated rings. The second-order valence-corrected chi connectivity index (χ2v) is 5.38. The van der Waals surface area contributed by atoms with E-state index in [1.54, 1.807) is 0 Å². The summed E-state index contributed by atoms with van der Waals surface area (Å²) in [6.07, 6.45) is 0.327. The molecule has 0 atom stereocenters. The summed E-state index contributed by atoms with van der Waals surface area (Å²) in [5.41, 5.74) is 3.80. The van der Waals surface area contributed by atoms with Crippen molar-refractivity contribution in [2.75, 3.05) is 5.75 Å². The second-order valence-electron chi connectivity index (χ2n) is 4.94.